The van der Waals surface area contributed by atoms with E-state index in [0.29, 0.717) is 43.7 Å². The molecule has 1 aromatic heterocycles. The number of nitrogens with one attached hydrogen (secondary N) is 2. The summed E-state index contributed by atoms with van der Waals surface area (Å²) in [4.78, 5) is 51.1. The van der Waals surface area contributed by atoms with Crippen molar-refractivity contribution >= 4 is 40.9 Å². The standard InChI is InChI=1S/C30H35FN8O4/c31-25-26(32)33-19-34-27(25)39-12-4-5-21(18-39)28(40)36-24(29(41)42)17-20-8-10-22(11-9-20)35-30(43)38-15-13-37(14-16-38)23-6-2-1-3-7-23/h1-3,6-11,19,21,24H,4-5,12-18H2,(H,35,43)(H,36,40)(H,41,42)(H2,32,33,34)/t21?,24-/m0/s1. The highest BCUT2D eigenvalue weighted by molar-refractivity contribution is 5.89. The normalized spacial score (nSPS) is 17.7. The number of carbonyl (C=O) groups excluding carboxylic acids is 2. The summed E-state index contributed by atoms with van der Waals surface area (Å²) in [6.07, 6.45) is 2.37. The van der Waals surface area contributed by atoms with Gasteiger partial charge in [0.2, 0.25) is 11.7 Å². The molecule has 3 heterocycles. The fraction of sp³-hybridized carbons (Fsp3) is 0.367. The van der Waals surface area contributed by atoms with E-state index in [4.69, 9.17) is 5.73 Å². The monoisotopic (exact) mass is 590 g/mol. The largest absolute Gasteiger partial charge is 0.480 e. The molecule has 0 saturated carbocycles. The Balaban J connectivity index is 1.12. The van der Waals surface area contributed by atoms with E-state index in [9.17, 15) is 23.9 Å². The first kappa shape index (κ1) is 29.5. The van der Waals surface area contributed by atoms with Crippen molar-refractivity contribution in [1.82, 2.24) is 20.2 Å². The molecule has 3 aromatic rings. The number of carboxylic acids is 1. The van der Waals surface area contributed by atoms with Crippen LogP contribution in [-0.4, -0.2) is 83.2 Å². The van der Waals surface area contributed by atoms with Crippen molar-refractivity contribution in [3.05, 3.63) is 72.3 Å². The second-order valence-corrected chi connectivity index (χ2v) is 10.7. The number of carboxylic acid groups (broad SMARTS) is 1. The average molecular weight is 591 g/mol. The van der Waals surface area contributed by atoms with Gasteiger partial charge in [0, 0.05) is 57.1 Å². The number of para-hydroxylation sites is 1. The maximum Gasteiger partial charge on any atom is 0.326 e. The Labute approximate surface area is 248 Å². The van der Waals surface area contributed by atoms with E-state index in [1.54, 1.807) is 34.1 Å². The molecular weight excluding hydrogens is 555 g/mol. The molecule has 13 heteroatoms. The predicted octanol–water partition coefficient (Wildman–Crippen LogP) is 2.58. The quantitative estimate of drug-likeness (QED) is 0.310. The van der Waals surface area contributed by atoms with E-state index in [2.05, 4.69) is 37.6 Å². The molecule has 5 N–H and O–H groups in total. The molecule has 0 radical (unpaired) electrons. The number of hydrogen-bond acceptors (Lipinski definition) is 8. The lowest BCUT2D eigenvalue weighted by atomic mass is 9.96. The Bertz CT molecular complexity index is 1430. The van der Waals surface area contributed by atoms with Crippen LogP contribution in [-0.2, 0) is 16.0 Å². The summed E-state index contributed by atoms with van der Waals surface area (Å²) in [6, 6.07) is 15.6. The number of nitrogen functional groups attached to an aromatic ring is 1. The third kappa shape index (κ3) is 7.29. The summed E-state index contributed by atoms with van der Waals surface area (Å²) in [5, 5.41) is 15.4. The molecule has 2 saturated heterocycles. The number of carbonyl (C=O) groups is 3. The zero-order chi connectivity index (χ0) is 30.3. The Morgan fingerprint density at radius 3 is 2.40 bits per heavy atom. The van der Waals surface area contributed by atoms with Crippen molar-refractivity contribution in [3.8, 4) is 0 Å². The number of hydrogen-bond donors (Lipinski definition) is 4. The number of piperazine rings is 1. The van der Waals surface area contributed by atoms with E-state index in [0.717, 1.165) is 18.8 Å². The molecular formula is C30H35FN8O4. The minimum absolute atomic E-state index is 0.0291. The van der Waals surface area contributed by atoms with Gasteiger partial charge in [0.15, 0.2) is 11.6 Å². The maximum absolute atomic E-state index is 14.4. The van der Waals surface area contributed by atoms with Gasteiger partial charge >= 0.3 is 12.0 Å². The highest BCUT2D eigenvalue weighted by atomic mass is 19.1. The lowest BCUT2D eigenvalue weighted by molar-refractivity contribution is -0.142. The van der Waals surface area contributed by atoms with Crippen LogP contribution in [0.3, 0.4) is 0 Å². The van der Waals surface area contributed by atoms with Crippen LogP contribution in [0.25, 0.3) is 0 Å². The average Bonchev–Trinajstić information content (AvgIpc) is 3.03. The number of aromatic nitrogens is 2. The summed E-state index contributed by atoms with van der Waals surface area (Å²) in [5.74, 6) is -3.11. The van der Waals surface area contributed by atoms with Crippen molar-refractivity contribution in [2.24, 2.45) is 5.92 Å². The van der Waals surface area contributed by atoms with Crippen LogP contribution in [0.1, 0.15) is 18.4 Å². The van der Waals surface area contributed by atoms with Gasteiger partial charge < -0.3 is 36.2 Å². The molecule has 2 aromatic carbocycles. The van der Waals surface area contributed by atoms with Gasteiger partial charge in [0.05, 0.1) is 5.92 Å². The Morgan fingerprint density at radius 2 is 1.70 bits per heavy atom. The summed E-state index contributed by atoms with van der Waals surface area (Å²) < 4.78 is 14.4. The smallest absolute Gasteiger partial charge is 0.326 e. The lowest BCUT2D eigenvalue weighted by Crippen LogP contribution is -2.50. The molecule has 1 unspecified atom stereocenters. The van der Waals surface area contributed by atoms with Gasteiger partial charge in [-0.1, -0.05) is 30.3 Å². The fourth-order valence-corrected chi connectivity index (χ4v) is 5.44. The van der Waals surface area contributed by atoms with Gasteiger partial charge in [-0.25, -0.2) is 19.6 Å². The molecule has 12 nitrogen and oxygen atoms in total. The highest BCUT2D eigenvalue weighted by Crippen LogP contribution is 2.26. The summed E-state index contributed by atoms with van der Waals surface area (Å²) in [7, 11) is 0. The number of urea groups is 1. The van der Waals surface area contributed by atoms with Gasteiger partial charge in [-0.15, -0.1) is 0 Å². The molecule has 0 aliphatic carbocycles. The Morgan fingerprint density at radius 1 is 0.977 bits per heavy atom. The zero-order valence-electron chi connectivity index (χ0n) is 23.7. The maximum atomic E-state index is 14.4. The molecule has 2 atom stereocenters. The zero-order valence-corrected chi connectivity index (χ0v) is 23.7. The third-order valence-corrected chi connectivity index (χ3v) is 7.84. The number of piperidine rings is 1. The van der Waals surface area contributed by atoms with Crippen LogP contribution in [0, 0.1) is 11.7 Å². The van der Waals surface area contributed by atoms with Crippen molar-refractivity contribution in [1.29, 1.82) is 0 Å². The molecule has 2 fully saturated rings. The van der Waals surface area contributed by atoms with E-state index >= 15 is 0 Å². The van der Waals surface area contributed by atoms with E-state index in [1.807, 2.05) is 18.2 Å². The number of nitrogens with zero attached hydrogens (tertiary/aromatic N) is 5. The second-order valence-electron chi connectivity index (χ2n) is 10.7. The third-order valence-electron chi connectivity index (χ3n) is 7.84. The summed E-state index contributed by atoms with van der Waals surface area (Å²) in [5.41, 5.74) is 7.98. The Kier molecular flexibility index (Phi) is 9.18. The van der Waals surface area contributed by atoms with E-state index < -0.39 is 29.7 Å². The molecule has 0 bridgehead atoms. The number of anilines is 4. The molecule has 226 valence electrons. The van der Waals surface area contributed by atoms with Crippen LogP contribution < -0.4 is 26.2 Å². The summed E-state index contributed by atoms with van der Waals surface area (Å²) in [6.45, 7) is 3.35. The van der Waals surface area contributed by atoms with Crippen molar-refractivity contribution in [2.45, 2.75) is 25.3 Å². The number of rotatable bonds is 8. The van der Waals surface area contributed by atoms with E-state index in [-0.39, 0.29) is 30.6 Å². The first-order valence-electron chi connectivity index (χ1n) is 14.3. The van der Waals surface area contributed by atoms with Crippen molar-refractivity contribution in [3.63, 3.8) is 0 Å². The first-order valence-corrected chi connectivity index (χ1v) is 14.3. The van der Waals surface area contributed by atoms with E-state index in [1.165, 1.54) is 6.33 Å². The fourth-order valence-electron chi connectivity index (χ4n) is 5.44. The van der Waals surface area contributed by atoms with Crippen LogP contribution in [0.4, 0.5) is 32.2 Å². The molecule has 0 spiro atoms. The SMILES string of the molecule is Nc1ncnc(N2CCCC(C(=O)N[C@@H](Cc3ccc(NC(=O)N4CCN(c5ccccc5)CC4)cc3)C(=O)O)C2)c1F. The molecule has 3 amide bonds. The number of amides is 3. The number of halogens is 1. The van der Waals surface area contributed by atoms with Gasteiger partial charge in [-0.05, 0) is 42.7 Å². The van der Waals surface area contributed by atoms with Crippen molar-refractivity contribution < 1.29 is 23.9 Å². The van der Waals surface area contributed by atoms with Gasteiger partial charge in [0.25, 0.3) is 0 Å². The summed E-state index contributed by atoms with van der Waals surface area (Å²) >= 11 is 0. The van der Waals surface area contributed by atoms with Crippen LogP contribution in [0.15, 0.2) is 60.9 Å². The number of aliphatic carboxylic acids is 1. The highest BCUT2D eigenvalue weighted by Gasteiger charge is 2.31. The minimum atomic E-state index is -1.16. The minimum Gasteiger partial charge on any atom is -0.480 e. The van der Waals surface area contributed by atoms with Gasteiger partial charge in [-0.2, -0.15) is 4.39 Å². The van der Waals surface area contributed by atoms with Crippen molar-refractivity contribution in [2.75, 3.05) is 60.1 Å². The molecule has 5 rings (SSSR count). The Hall–Kier alpha value is -4.94. The van der Waals surface area contributed by atoms with Gasteiger partial charge in [-0.3, -0.25) is 4.79 Å². The number of nitrogens with two attached hydrogens (primary N) is 1. The second kappa shape index (κ2) is 13.4. The van der Waals surface area contributed by atoms with Crippen LogP contribution >= 0.6 is 0 Å². The molecule has 2 aliphatic rings. The molecule has 43 heavy (non-hydrogen) atoms. The van der Waals surface area contributed by atoms with Crippen LogP contribution in [0.2, 0.25) is 0 Å². The van der Waals surface area contributed by atoms with Gasteiger partial charge in [0.1, 0.15) is 12.4 Å². The first-order chi connectivity index (χ1) is 20.8. The van der Waals surface area contributed by atoms with Crippen LogP contribution in [0.5, 0.6) is 0 Å². The predicted molar refractivity (Wildman–Crippen MR) is 160 cm³/mol. The molecule has 2 aliphatic heterocycles. The number of benzene rings is 2. The lowest BCUT2D eigenvalue weighted by Gasteiger charge is -2.36. The topological polar surface area (TPSA) is 157 Å².